The van der Waals surface area contributed by atoms with Crippen molar-refractivity contribution in [2.45, 2.75) is 50.0 Å². The number of benzene rings is 1. The van der Waals surface area contributed by atoms with Gasteiger partial charge in [-0.05, 0) is 50.7 Å². The van der Waals surface area contributed by atoms with Gasteiger partial charge in [-0.25, -0.2) is 0 Å². The summed E-state index contributed by atoms with van der Waals surface area (Å²) in [5, 5.41) is 9.61. The summed E-state index contributed by atoms with van der Waals surface area (Å²) in [6, 6.07) is 3.68. The fourth-order valence-electron chi connectivity index (χ4n) is 3.13. The smallest absolute Gasteiger partial charge is 0.314 e. The van der Waals surface area contributed by atoms with Crippen LogP contribution in [0.4, 0.5) is 0 Å². The molecule has 0 amide bonds. The van der Waals surface area contributed by atoms with E-state index in [2.05, 4.69) is 15.9 Å². The Kier molecular flexibility index (Phi) is 3.86. The zero-order valence-electron chi connectivity index (χ0n) is 12.0. The van der Waals surface area contributed by atoms with Gasteiger partial charge in [0.15, 0.2) is 11.5 Å². The minimum atomic E-state index is -0.818. The van der Waals surface area contributed by atoms with E-state index in [9.17, 15) is 9.90 Å². The maximum atomic E-state index is 11.7. The summed E-state index contributed by atoms with van der Waals surface area (Å²) in [4.78, 5) is 11.7. The summed E-state index contributed by atoms with van der Waals surface area (Å²) in [6.07, 6.45) is 5.84. The molecule has 0 aromatic heterocycles. The third-order valence-electron chi connectivity index (χ3n) is 4.52. The predicted molar refractivity (Wildman–Crippen MR) is 82.1 cm³/mol. The van der Waals surface area contributed by atoms with Crippen molar-refractivity contribution in [1.82, 2.24) is 0 Å². The molecule has 0 saturated heterocycles. The molecule has 2 aliphatic carbocycles. The molecule has 0 atom stereocenters. The summed E-state index contributed by atoms with van der Waals surface area (Å²) < 4.78 is 12.4. The molecule has 3 rings (SSSR count). The summed E-state index contributed by atoms with van der Waals surface area (Å²) in [5.41, 5.74) is -0.0809. The highest BCUT2D eigenvalue weighted by Gasteiger charge is 2.55. The average molecular weight is 355 g/mol. The maximum Gasteiger partial charge on any atom is 0.314 e. The highest BCUT2D eigenvalue weighted by atomic mass is 79.9. The number of ether oxygens (including phenoxy) is 2. The van der Waals surface area contributed by atoms with Gasteiger partial charge in [-0.3, -0.25) is 4.79 Å². The first-order chi connectivity index (χ1) is 10.1. The lowest BCUT2D eigenvalue weighted by Gasteiger charge is -2.23. The average Bonchev–Trinajstić information content (AvgIpc) is 3.10. The van der Waals surface area contributed by atoms with Gasteiger partial charge in [-0.1, -0.05) is 15.9 Å². The summed E-state index contributed by atoms with van der Waals surface area (Å²) >= 11 is 3.51. The van der Waals surface area contributed by atoms with E-state index in [0.29, 0.717) is 24.3 Å². The SMILES string of the molecule is COc1ccc(Br)c(C2(C(=O)O)CC2)c1OC1CCCC1. The molecule has 4 nitrogen and oxygen atoms in total. The van der Waals surface area contributed by atoms with Crippen molar-refractivity contribution in [3.05, 3.63) is 22.2 Å². The molecule has 1 aromatic rings. The van der Waals surface area contributed by atoms with Crippen LogP contribution in [0.5, 0.6) is 11.5 Å². The lowest BCUT2D eigenvalue weighted by Crippen LogP contribution is -2.23. The lowest BCUT2D eigenvalue weighted by atomic mass is 9.94. The second kappa shape index (κ2) is 5.52. The molecule has 0 heterocycles. The van der Waals surface area contributed by atoms with Crippen LogP contribution in [0.15, 0.2) is 16.6 Å². The van der Waals surface area contributed by atoms with Gasteiger partial charge >= 0.3 is 5.97 Å². The molecular formula is C16H19BrO4. The van der Waals surface area contributed by atoms with Gasteiger partial charge in [-0.2, -0.15) is 0 Å². The van der Waals surface area contributed by atoms with Gasteiger partial charge in [0.2, 0.25) is 0 Å². The highest BCUT2D eigenvalue weighted by Crippen LogP contribution is 2.56. The van der Waals surface area contributed by atoms with Crippen LogP contribution in [0.2, 0.25) is 0 Å². The second-order valence-electron chi connectivity index (χ2n) is 5.87. The Bertz CT molecular complexity index is 560. The lowest BCUT2D eigenvalue weighted by molar-refractivity contribution is -0.140. The number of carbonyl (C=O) groups is 1. The van der Waals surface area contributed by atoms with Gasteiger partial charge < -0.3 is 14.6 Å². The first-order valence-electron chi connectivity index (χ1n) is 7.35. The molecular weight excluding hydrogens is 336 g/mol. The van der Waals surface area contributed by atoms with E-state index in [1.54, 1.807) is 7.11 Å². The monoisotopic (exact) mass is 354 g/mol. The summed E-state index contributed by atoms with van der Waals surface area (Å²) in [7, 11) is 1.59. The topological polar surface area (TPSA) is 55.8 Å². The van der Waals surface area contributed by atoms with E-state index < -0.39 is 11.4 Å². The van der Waals surface area contributed by atoms with Gasteiger partial charge in [-0.15, -0.1) is 0 Å². The number of aliphatic carboxylic acids is 1. The Morgan fingerprint density at radius 1 is 1.33 bits per heavy atom. The first kappa shape index (κ1) is 14.7. The predicted octanol–water partition coefficient (Wildman–Crippen LogP) is 3.90. The standard InChI is InChI=1S/C16H19BrO4/c1-20-12-7-6-11(17)13(16(8-9-16)15(18)19)14(12)21-10-4-2-3-5-10/h6-7,10H,2-5,8-9H2,1H3,(H,18,19). The maximum absolute atomic E-state index is 11.7. The van der Waals surface area contributed by atoms with E-state index in [1.807, 2.05) is 12.1 Å². The van der Waals surface area contributed by atoms with E-state index in [-0.39, 0.29) is 6.10 Å². The van der Waals surface area contributed by atoms with Crippen molar-refractivity contribution in [1.29, 1.82) is 0 Å². The number of hydrogen-bond acceptors (Lipinski definition) is 3. The van der Waals surface area contributed by atoms with Gasteiger partial charge in [0.25, 0.3) is 0 Å². The molecule has 0 aliphatic heterocycles. The summed E-state index contributed by atoms with van der Waals surface area (Å²) in [5.74, 6) is 0.444. The third kappa shape index (κ3) is 2.52. The van der Waals surface area contributed by atoms with Crippen molar-refractivity contribution < 1.29 is 19.4 Å². The van der Waals surface area contributed by atoms with Crippen LogP contribution < -0.4 is 9.47 Å². The number of rotatable bonds is 5. The molecule has 5 heteroatoms. The van der Waals surface area contributed by atoms with Crippen molar-refractivity contribution in [3.8, 4) is 11.5 Å². The van der Waals surface area contributed by atoms with E-state index >= 15 is 0 Å². The van der Waals surface area contributed by atoms with E-state index in [4.69, 9.17) is 9.47 Å². The molecule has 0 radical (unpaired) electrons. The van der Waals surface area contributed by atoms with Crippen molar-refractivity contribution >= 4 is 21.9 Å². The normalized spacial score (nSPS) is 20.3. The number of halogens is 1. The van der Waals surface area contributed by atoms with E-state index in [0.717, 1.165) is 22.9 Å². The zero-order valence-corrected chi connectivity index (χ0v) is 13.6. The molecule has 2 aliphatic rings. The molecule has 0 bridgehead atoms. The fourth-order valence-corrected chi connectivity index (χ4v) is 3.82. The Labute approximate surface area is 132 Å². The number of carboxylic acids is 1. The Balaban J connectivity index is 2.06. The third-order valence-corrected chi connectivity index (χ3v) is 5.18. The molecule has 0 unspecified atom stereocenters. The molecule has 1 N–H and O–H groups in total. The largest absolute Gasteiger partial charge is 0.493 e. The Hall–Kier alpha value is -1.23. The number of methoxy groups -OCH3 is 1. The minimum absolute atomic E-state index is 0.163. The van der Waals surface area contributed by atoms with Crippen LogP contribution in [-0.2, 0) is 10.2 Å². The summed E-state index contributed by atoms with van der Waals surface area (Å²) in [6.45, 7) is 0. The van der Waals surface area contributed by atoms with Crippen LogP contribution in [0.3, 0.4) is 0 Å². The molecule has 21 heavy (non-hydrogen) atoms. The Morgan fingerprint density at radius 3 is 2.52 bits per heavy atom. The molecule has 0 spiro atoms. The zero-order chi connectivity index (χ0) is 15.0. The van der Waals surface area contributed by atoms with Gasteiger partial charge in [0, 0.05) is 10.0 Å². The Morgan fingerprint density at radius 2 is 2.00 bits per heavy atom. The van der Waals surface area contributed by atoms with Crippen LogP contribution in [0, 0.1) is 0 Å². The molecule has 2 fully saturated rings. The molecule has 1 aromatic carbocycles. The van der Waals surface area contributed by atoms with E-state index in [1.165, 1.54) is 12.8 Å². The second-order valence-corrected chi connectivity index (χ2v) is 6.72. The van der Waals surface area contributed by atoms with Gasteiger partial charge in [0.05, 0.1) is 18.6 Å². The van der Waals surface area contributed by atoms with Crippen LogP contribution >= 0.6 is 15.9 Å². The van der Waals surface area contributed by atoms with Crippen molar-refractivity contribution in [3.63, 3.8) is 0 Å². The van der Waals surface area contributed by atoms with Crippen LogP contribution in [0.1, 0.15) is 44.1 Å². The number of hydrogen-bond donors (Lipinski definition) is 1. The number of carboxylic acid groups (broad SMARTS) is 1. The highest BCUT2D eigenvalue weighted by molar-refractivity contribution is 9.10. The fraction of sp³-hybridized carbons (Fsp3) is 0.562. The molecule has 114 valence electrons. The minimum Gasteiger partial charge on any atom is -0.493 e. The first-order valence-corrected chi connectivity index (χ1v) is 8.15. The van der Waals surface area contributed by atoms with Crippen molar-refractivity contribution in [2.24, 2.45) is 0 Å². The van der Waals surface area contributed by atoms with Crippen LogP contribution in [0.25, 0.3) is 0 Å². The van der Waals surface area contributed by atoms with Gasteiger partial charge in [0.1, 0.15) is 0 Å². The van der Waals surface area contributed by atoms with Crippen molar-refractivity contribution in [2.75, 3.05) is 7.11 Å². The van der Waals surface area contributed by atoms with Crippen LogP contribution in [-0.4, -0.2) is 24.3 Å². The molecule has 2 saturated carbocycles. The quantitative estimate of drug-likeness (QED) is 0.871.